The van der Waals surface area contributed by atoms with Gasteiger partial charge < -0.3 is 15.7 Å². The topological polar surface area (TPSA) is 91.3 Å². The molecular formula is C16H25N3O3. The first kappa shape index (κ1) is 18.1. The van der Waals surface area contributed by atoms with Gasteiger partial charge >= 0.3 is 5.97 Å². The standard InChI is InChI=1S/C16H25N3O3/c1-10(2)7-14(15(20)19-11(3)4)18-9-13-8-12(16(21)22)5-6-17-13/h5-6,8,10-11,14,18H,7,9H2,1-4H3,(H,19,20)(H,21,22)/t14-/m0/s1. The molecule has 0 bridgehead atoms. The Balaban J connectivity index is 2.72. The number of hydrogen-bond acceptors (Lipinski definition) is 4. The van der Waals surface area contributed by atoms with E-state index < -0.39 is 5.97 Å². The maximum Gasteiger partial charge on any atom is 0.335 e. The molecule has 0 spiro atoms. The lowest BCUT2D eigenvalue weighted by atomic mass is 10.0. The highest BCUT2D eigenvalue weighted by Crippen LogP contribution is 2.07. The van der Waals surface area contributed by atoms with Gasteiger partial charge in [0.15, 0.2) is 0 Å². The Morgan fingerprint density at radius 2 is 1.95 bits per heavy atom. The summed E-state index contributed by atoms with van der Waals surface area (Å²) in [5.41, 5.74) is 0.796. The van der Waals surface area contributed by atoms with Gasteiger partial charge in [0.05, 0.1) is 17.3 Å². The van der Waals surface area contributed by atoms with Crippen molar-refractivity contribution in [1.29, 1.82) is 0 Å². The molecule has 1 amide bonds. The lowest BCUT2D eigenvalue weighted by Crippen LogP contribution is -2.46. The Hall–Kier alpha value is -1.95. The van der Waals surface area contributed by atoms with Gasteiger partial charge in [-0.3, -0.25) is 9.78 Å². The van der Waals surface area contributed by atoms with Crippen molar-refractivity contribution in [2.24, 2.45) is 5.92 Å². The summed E-state index contributed by atoms with van der Waals surface area (Å²) in [7, 11) is 0. The van der Waals surface area contributed by atoms with Gasteiger partial charge in [0.25, 0.3) is 0 Å². The van der Waals surface area contributed by atoms with Crippen molar-refractivity contribution < 1.29 is 14.7 Å². The average Bonchev–Trinajstić information content (AvgIpc) is 2.42. The molecule has 0 fully saturated rings. The predicted molar refractivity (Wildman–Crippen MR) is 84.6 cm³/mol. The summed E-state index contributed by atoms with van der Waals surface area (Å²) in [6.45, 7) is 8.30. The second kappa shape index (κ2) is 8.48. The highest BCUT2D eigenvalue weighted by molar-refractivity contribution is 5.87. The van der Waals surface area contributed by atoms with E-state index in [0.29, 0.717) is 24.6 Å². The maximum absolute atomic E-state index is 12.2. The van der Waals surface area contributed by atoms with E-state index in [2.05, 4.69) is 29.5 Å². The number of amides is 1. The molecule has 1 aromatic heterocycles. The minimum Gasteiger partial charge on any atom is -0.478 e. The maximum atomic E-state index is 12.2. The van der Waals surface area contributed by atoms with E-state index >= 15 is 0 Å². The molecule has 0 aromatic carbocycles. The fraction of sp³-hybridized carbons (Fsp3) is 0.562. The van der Waals surface area contributed by atoms with Crippen LogP contribution in [-0.2, 0) is 11.3 Å². The number of pyridine rings is 1. The highest BCUT2D eigenvalue weighted by atomic mass is 16.4. The summed E-state index contributed by atoms with van der Waals surface area (Å²) in [4.78, 5) is 27.3. The molecule has 0 aliphatic rings. The zero-order chi connectivity index (χ0) is 16.7. The van der Waals surface area contributed by atoms with E-state index in [1.807, 2.05) is 13.8 Å². The molecule has 0 saturated carbocycles. The Labute approximate surface area is 131 Å². The van der Waals surface area contributed by atoms with Gasteiger partial charge in [-0.05, 0) is 38.3 Å². The monoisotopic (exact) mass is 307 g/mol. The van der Waals surface area contributed by atoms with Gasteiger partial charge in [-0.15, -0.1) is 0 Å². The van der Waals surface area contributed by atoms with Crippen LogP contribution in [0, 0.1) is 5.92 Å². The number of hydrogen-bond donors (Lipinski definition) is 3. The number of aromatic nitrogens is 1. The van der Waals surface area contributed by atoms with Gasteiger partial charge in [-0.2, -0.15) is 0 Å². The van der Waals surface area contributed by atoms with Crippen molar-refractivity contribution >= 4 is 11.9 Å². The first-order valence-corrected chi connectivity index (χ1v) is 7.51. The zero-order valence-corrected chi connectivity index (χ0v) is 13.6. The van der Waals surface area contributed by atoms with Gasteiger partial charge in [-0.1, -0.05) is 13.8 Å². The molecule has 1 atom stereocenters. The van der Waals surface area contributed by atoms with Crippen LogP contribution in [0.2, 0.25) is 0 Å². The second-order valence-electron chi connectivity index (χ2n) is 6.07. The number of rotatable bonds is 8. The zero-order valence-electron chi connectivity index (χ0n) is 13.6. The van der Waals surface area contributed by atoms with E-state index in [0.717, 1.165) is 0 Å². The quantitative estimate of drug-likeness (QED) is 0.681. The largest absolute Gasteiger partial charge is 0.478 e. The summed E-state index contributed by atoms with van der Waals surface area (Å²) in [6.07, 6.45) is 2.17. The summed E-state index contributed by atoms with van der Waals surface area (Å²) in [6, 6.07) is 2.72. The summed E-state index contributed by atoms with van der Waals surface area (Å²) in [5.74, 6) is -0.660. The number of nitrogens with zero attached hydrogens (tertiary/aromatic N) is 1. The van der Waals surface area contributed by atoms with E-state index in [-0.39, 0.29) is 23.6 Å². The molecule has 3 N–H and O–H groups in total. The Morgan fingerprint density at radius 1 is 1.27 bits per heavy atom. The van der Waals surface area contributed by atoms with E-state index in [9.17, 15) is 9.59 Å². The average molecular weight is 307 g/mol. The molecule has 1 heterocycles. The van der Waals surface area contributed by atoms with Crippen molar-refractivity contribution in [2.75, 3.05) is 0 Å². The van der Waals surface area contributed by atoms with Crippen molar-refractivity contribution in [3.8, 4) is 0 Å². The molecular weight excluding hydrogens is 282 g/mol. The molecule has 0 radical (unpaired) electrons. The first-order valence-electron chi connectivity index (χ1n) is 7.51. The van der Waals surface area contributed by atoms with Crippen LogP contribution in [0.3, 0.4) is 0 Å². The van der Waals surface area contributed by atoms with Gasteiger partial charge in [0.1, 0.15) is 0 Å². The number of carboxylic acid groups (broad SMARTS) is 1. The lowest BCUT2D eigenvalue weighted by Gasteiger charge is -2.21. The number of nitrogens with one attached hydrogen (secondary N) is 2. The van der Waals surface area contributed by atoms with E-state index in [1.54, 1.807) is 0 Å². The molecule has 0 unspecified atom stereocenters. The fourth-order valence-electron chi connectivity index (χ4n) is 2.08. The van der Waals surface area contributed by atoms with E-state index in [4.69, 9.17) is 5.11 Å². The summed E-state index contributed by atoms with van der Waals surface area (Å²) >= 11 is 0. The normalized spacial score (nSPS) is 12.5. The molecule has 1 rings (SSSR count). The summed E-state index contributed by atoms with van der Waals surface area (Å²) < 4.78 is 0. The Morgan fingerprint density at radius 3 is 2.50 bits per heavy atom. The van der Waals surface area contributed by atoms with Crippen LogP contribution in [-0.4, -0.2) is 34.1 Å². The van der Waals surface area contributed by atoms with Crippen molar-refractivity contribution in [3.63, 3.8) is 0 Å². The van der Waals surface area contributed by atoms with Crippen LogP contribution in [0.25, 0.3) is 0 Å². The van der Waals surface area contributed by atoms with E-state index in [1.165, 1.54) is 18.3 Å². The third kappa shape index (κ3) is 6.22. The predicted octanol–water partition coefficient (Wildman–Crippen LogP) is 1.81. The first-order chi connectivity index (χ1) is 10.3. The number of carboxylic acids is 1. The minimum atomic E-state index is -0.986. The Kier molecular flexibility index (Phi) is 6.98. The molecule has 0 aliphatic heterocycles. The highest BCUT2D eigenvalue weighted by Gasteiger charge is 2.20. The van der Waals surface area contributed by atoms with Crippen LogP contribution in [0.15, 0.2) is 18.3 Å². The second-order valence-corrected chi connectivity index (χ2v) is 6.07. The molecule has 6 heteroatoms. The van der Waals surface area contributed by atoms with Crippen LogP contribution >= 0.6 is 0 Å². The lowest BCUT2D eigenvalue weighted by molar-refractivity contribution is -0.124. The SMILES string of the molecule is CC(C)C[C@H](NCc1cc(C(=O)O)ccn1)C(=O)NC(C)C. The number of aromatic carboxylic acids is 1. The molecule has 1 aromatic rings. The summed E-state index contributed by atoms with van der Waals surface area (Å²) in [5, 5.41) is 15.0. The Bertz CT molecular complexity index is 515. The van der Waals surface area contributed by atoms with Crippen LogP contribution in [0.5, 0.6) is 0 Å². The van der Waals surface area contributed by atoms with Gasteiger partial charge in [0, 0.05) is 18.8 Å². The number of carbonyl (C=O) groups is 2. The van der Waals surface area contributed by atoms with Crippen molar-refractivity contribution in [3.05, 3.63) is 29.6 Å². The molecule has 0 saturated heterocycles. The van der Waals surface area contributed by atoms with Crippen LogP contribution in [0.4, 0.5) is 0 Å². The number of carbonyl (C=O) groups excluding carboxylic acids is 1. The molecule has 0 aliphatic carbocycles. The van der Waals surface area contributed by atoms with Crippen molar-refractivity contribution in [2.45, 2.75) is 52.7 Å². The van der Waals surface area contributed by atoms with Gasteiger partial charge in [-0.25, -0.2) is 4.79 Å². The smallest absolute Gasteiger partial charge is 0.335 e. The van der Waals surface area contributed by atoms with Crippen molar-refractivity contribution in [1.82, 2.24) is 15.6 Å². The van der Waals surface area contributed by atoms with Gasteiger partial charge in [0.2, 0.25) is 5.91 Å². The molecule has 6 nitrogen and oxygen atoms in total. The fourth-order valence-corrected chi connectivity index (χ4v) is 2.08. The molecule has 22 heavy (non-hydrogen) atoms. The molecule has 122 valence electrons. The third-order valence-electron chi connectivity index (χ3n) is 3.05. The third-order valence-corrected chi connectivity index (χ3v) is 3.05. The van der Waals surface area contributed by atoms with Crippen LogP contribution < -0.4 is 10.6 Å². The van der Waals surface area contributed by atoms with Crippen LogP contribution in [0.1, 0.15) is 50.2 Å². The minimum absolute atomic E-state index is 0.0434.